The molecule has 1 aromatic heterocycles. The Labute approximate surface area is 231 Å². The van der Waals surface area contributed by atoms with Crippen molar-refractivity contribution in [1.82, 2.24) is 30.0 Å². The molecule has 1 unspecified atom stereocenters. The Balaban J connectivity index is 1.29. The molecule has 4 aromatic rings. The predicted molar refractivity (Wildman–Crippen MR) is 158 cm³/mol. The van der Waals surface area contributed by atoms with Gasteiger partial charge in [0.05, 0.1) is 11.7 Å². The van der Waals surface area contributed by atoms with E-state index in [1.807, 2.05) is 4.68 Å². The molecule has 0 N–H and O–H groups in total. The highest BCUT2D eigenvalue weighted by Crippen LogP contribution is 2.42. The maximum absolute atomic E-state index is 4.71. The second-order valence-corrected chi connectivity index (χ2v) is 10.7. The second-order valence-electron chi connectivity index (χ2n) is 10.7. The van der Waals surface area contributed by atoms with E-state index in [4.69, 9.17) is 5.10 Å². The third-order valence-corrected chi connectivity index (χ3v) is 8.15. The van der Waals surface area contributed by atoms with E-state index in [0.29, 0.717) is 0 Å². The normalized spacial score (nSPS) is 18.9. The van der Waals surface area contributed by atoms with Crippen molar-refractivity contribution in [3.63, 3.8) is 0 Å². The zero-order chi connectivity index (χ0) is 26.6. The summed E-state index contributed by atoms with van der Waals surface area (Å²) in [7, 11) is 0. The molecule has 3 aromatic carbocycles. The van der Waals surface area contributed by atoms with Gasteiger partial charge in [-0.3, -0.25) is 9.80 Å². The molecule has 1 fully saturated rings. The van der Waals surface area contributed by atoms with Crippen LogP contribution in [0.1, 0.15) is 52.0 Å². The molecule has 6 nitrogen and oxygen atoms in total. The SMILES string of the molecule is Cc1cccc(C)c1-n1nnnc1[C@H](C1CC=Cc2ccccc21)N1CCN(C/C=C/c2ccccc2)CC1. The van der Waals surface area contributed by atoms with Gasteiger partial charge < -0.3 is 0 Å². The summed E-state index contributed by atoms with van der Waals surface area (Å²) in [5.41, 5.74) is 7.39. The van der Waals surface area contributed by atoms with Crippen LogP contribution in [0.5, 0.6) is 0 Å². The first-order chi connectivity index (χ1) is 19.2. The zero-order valence-corrected chi connectivity index (χ0v) is 22.8. The van der Waals surface area contributed by atoms with Gasteiger partial charge in [-0.15, -0.1) is 5.10 Å². The minimum absolute atomic E-state index is 0.0760. The zero-order valence-electron chi connectivity index (χ0n) is 22.8. The summed E-state index contributed by atoms with van der Waals surface area (Å²) in [5, 5.41) is 13.5. The van der Waals surface area contributed by atoms with Crippen LogP contribution in [0.15, 0.2) is 84.9 Å². The lowest BCUT2D eigenvalue weighted by atomic mass is 9.81. The smallest absolute Gasteiger partial charge is 0.174 e. The fourth-order valence-electron chi connectivity index (χ4n) is 6.17. The summed E-state index contributed by atoms with van der Waals surface area (Å²) in [5.74, 6) is 1.21. The molecule has 6 rings (SSSR count). The Bertz CT molecular complexity index is 1440. The van der Waals surface area contributed by atoms with Gasteiger partial charge in [-0.2, -0.15) is 4.68 Å². The molecule has 1 saturated heterocycles. The van der Waals surface area contributed by atoms with E-state index in [1.54, 1.807) is 0 Å². The number of para-hydroxylation sites is 1. The lowest BCUT2D eigenvalue weighted by Crippen LogP contribution is -2.49. The summed E-state index contributed by atoms with van der Waals surface area (Å²) < 4.78 is 2.01. The molecule has 0 amide bonds. The summed E-state index contributed by atoms with van der Waals surface area (Å²) in [6, 6.07) is 25.8. The van der Waals surface area contributed by atoms with E-state index < -0.39 is 0 Å². The van der Waals surface area contributed by atoms with Crippen molar-refractivity contribution in [2.45, 2.75) is 32.2 Å². The van der Waals surface area contributed by atoms with Crippen LogP contribution < -0.4 is 0 Å². The lowest BCUT2D eigenvalue weighted by Gasteiger charge is -2.42. The lowest BCUT2D eigenvalue weighted by molar-refractivity contribution is 0.0844. The number of tetrazole rings is 1. The number of hydrogen-bond donors (Lipinski definition) is 0. The van der Waals surface area contributed by atoms with Crippen molar-refractivity contribution < 1.29 is 0 Å². The van der Waals surface area contributed by atoms with Crippen molar-refractivity contribution >= 4 is 12.2 Å². The molecule has 6 heteroatoms. The van der Waals surface area contributed by atoms with Gasteiger partial charge in [-0.05, 0) is 58.5 Å². The minimum Gasteiger partial charge on any atom is -0.297 e. The Morgan fingerprint density at radius 1 is 0.872 bits per heavy atom. The van der Waals surface area contributed by atoms with Gasteiger partial charge in [-0.25, -0.2) is 0 Å². The van der Waals surface area contributed by atoms with Gasteiger partial charge in [0.1, 0.15) is 0 Å². The molecule has 2 atom stereocenters. The number of rotatable bonds is 7. The number of benzene rings is 3. The molecule has 0 spiro atoms. The van der Waals surface area contributed by atoms with Gasteiger partial charge in [0.25, 0.3) is 0 Å². The maximum Gasteiger partial charge on any atom is 0.174 e. The van der Waals surface area contributed by atoms with Crippen molar-refractivity contribution in [3.8, 4) is 5.69 Å². The summed E-state index contributed by atoms with van der Waals surface area (Å²) in [4.78, 5) is 5.16. The average Bonchev–Trinajstić information content (AvgIpc) is 3.43. The Hall–Kier alpha value is -3.87. The molecule has 0 bridgehead atoms. The van der Waals surface area contributed by atoms with Gasteiger partial charge in [0.15, 0.2) is 5.82 Å². The predicted octanol–water partition coefficient (Wildman–Crippen LogP) is 5.85. The van der Waals surface area contributed by atoms with Gasteiger partial charge in [-0.1, -0.05) is 97.1 Å². The summed E-state index contributed by atoms with van der Waals surface area (Å²) in [6.45, 7) is 9.24. The average molecular weight is 517 g/mol. The van der Waals surface area contributed by atoms with E-state index in [9.17, 15) is 0 Å². The maximum atomic E-state index is 4.71. The molecule has 2 heterocycles. The van der Waals surface area contributed by atoms with Crippen LogP contribution in [0.25, 0.3) is 17.8 Å². The van der Waals surface area contributed by atoms with E-state index in [0.717, 1.165) is 50.7 Å². The van der Waals surface area contributed by atoms with Crippen LogP contribution in [-0.4, -0.2) is 62.7 Å². The van der Waals surface area contributed by atoms with Gasteiger partial charge in [0.2, 0.25) is 0 Å². The Morgan fingerprint density at radius 2 is 1.62 bits per heavy atom. The summed E-state index contributed by atoms with van der Waals surface area (Å²) >= 11 is 0. The van der Waals surface area contributed by atoms with Gasteiger partial charge >= 0.3 is 0 Å². The van der Waals surface area contributed by atoms with E-state index in [-0.39, 0.29) is 12.0 Å². The first-order valence-electron chi connectivity index (χ1n) is 14.0. The van der Waals surface area contributed by atoms with Crippen molar-refractivity contribution in [3.05, 3.63) is 119 Å². The highest BCUT2D eigenvalue weighted by molar-refractivity contribution is 5.58. The van der Waals surface area contributed by atoms with Crippen LogP contribution in [0.4, 0.5) is 0 Å². The number of hydrogen-bond acceptors (Lipinski definition) is 5. The minimum atomic E-state index is 0.0760. The van der Waals surface area contributed by atoms with Crippen LogP contribution in [0.3, 0.4) is 0 Å². The van der Waals surface area contributed by atoms with Crippen LogP contribution in [0.2, 0.25) is 0 Å². The van der Waals surface area contributed by atoms with Crippen LogP contribution in [-0.2, 0) is 0 Å². The highest BCUT2D eigenvalue weighted by atomic mass is 15.6. The van der Waals surface area contributed by atoms with Crippen molar-refractivity contribution in [2.75, 3.05) is 32.7 Å². The number of piperazine rings is 1. The highest BCUT2D eigenvalue weighted by Gasteiger charge is 2.37. The van der Waals surface area contributed by atoms with Crippen molar-refractivity contribution in [2.24, 2.45) is 0 Å². The molecule has 2 aliphatic rings. The third kappa shape index (κ3) is 5.35. The number of aromatic nitrogens is 4. The first kappa shape index (κ1) is 25.4. The monoisotopic (exact) mass is 516 g/mol. The fraction of sp³-hybridized carbons (Fsp3) is 0.303. The molecule has 39 heavy (non-hydrogen) atoms. The second kappa shape index (κ2) is 11.5. The summed E-state index contributed by atoms with van der Waals surface area (Å²) in [6.07, 6.45) is 10.1. The Kier molecular flexibility index (Phi) is 7.48. The molecule has 0 radical (unpaired) electrons. The fourth-order valence-corrected chi connectivity index (χ4v) is 6.17. The number of nitrogens with zero attached hydrogens (tertiary/aromatic N) is 6. The van der Waals surface area contributed by atoms with Crippen LogP contribution in [0, 0.1) is 13.8 Å². The molecule has 1 aliphatic carbocycles. The number of aryl methyl sites for hydroxylation is 2. The topological polar surface area (TPSA) is 50.1 Å². The molecule has 0 saturated carbocycles. The van der Waals surface area contributed by atoms with E-state index in [1.165, 1.54) is 27.8 Å². The Morgan fingerprint density at radius 3 is 2.41 bits per heavy atom. The van der Waals surface area contributed by atoms with Gasteiger partial charge in [0, 0.05) is 38.6 Å². The molecular weight excluding hydrogens is 480 g/mol. The molecule has 1 aliphatic heterocycles. The first-order valence-corrected chi connectivity index (χ1v) is 14.0. The number of allylic oxidation sites excluding steroid dienone is 1. The van der Waals surface area contributed by atoms with E-state index >= 15 is 0 Å². The van der Waals surface area contributed by atoms with Crippen molar-refractivity contribution in [1.29, 1.82) is 0 Å². The number of fused-ring (bicyclic) bond motifs is 1. The largest absolute Gasteiger partial charge is 0.297 e. The quantitative estimate of drug-likeness (QED) is 0.308. The standard InChI is InChI=1S/C33H36N6/c1-25-11-8-12-26(2)31(25)39-33(34-35-36-39)32(30-19-9-17-28-16-6-7-18-29(28)30)38-23-21-37(22-24-38)20-10-15-27-13-4-3-5-14-27/h3-18,30,32H,19-24H2,1-2H3/b15-10+/t30?,32-/m0/s1. The molecular formula is C33H36N6. The third-order valence-electron chi connectivity index (χ3n) is 8.15. The molecule has 198 valence electrons. The van der Waals surface area contributed by atoms with Crippen LogP contribution >= 0.6 is 0 Å². The van der Waals surface area contributed by atoms with E-state index in [2.05, 4.69) is 131 Å².